The normalized spacial score (nSPS) is 13.8. The second-order valence-corrected chi connectivity index (χ2v) is 5.86. The van der Waals surface area contributed by atoms with Crippen LogP contribution in [0.3, 0.4) is 0 Å². The molecule has 0 saturated carbocycles. The van der Waals surface area contributed by atoms with E-state index < -0.39 is 0 Å². The van der Waals surface area contributed by atoms with Crippen LogP contribution >= 0.6 is 12.2 Å². The minimum absolute atomic E-state index is 0.0337. The summed E-state index contributed by atoms with van der Waals surface area (Å²) in [5.41, 5.74) is 1.95. The van der Waals surface area contributed by atoms with Crippen LogP contribution in [0.1, 0.15) is 18.5 Å². The summed E-state index contributed by atoms with van der Waals surface area (Å²) in [6.45, 7) is 3.22. The molecule has 5 nitrogen and oxygen atoms in total. The van der Waals surface area contributed by atoms with Gasteiger partial charge in [0.25, 0.3) is 0 Å². The minimum Gasteiger partial charge on any atom is -0.497 e. The number of thiocarbonyl (C=S) groups is 1. The van der Waals surface area contributed by atoms with E-state index in [0.717, 1.165) is 28.5 Å². The first kappa shape index (κ1) is 16.4. The third kappa shape index (κ3) is 3.89. The van der Waals surface area contributed by atoms with Crippen molar-refractivity contribution in [3.63, 3.8) is 0 Å². The van der Waals surface area contributed by atoms with E-state index in [1.54, 1.807) is 7.11 Å². The Balaban J connectivity index is 1.63. The fourth-order valence-corrected chi connectivity index (χ4v) is 2.77. The first-order chi connectivity index (χ1) is 11.7. The van der Waals surface area contributed by atoms with Gasteiger partial charge in [0.15, 0.2) is 16.6 Å². The molecule has 6 heteroatoms. The molecule has 2 aromatic rings. The highest BCUT2D eigenvalue weighted by atomic mass is 32.1. The summed E-state index contributed by atoms with van der Waals surface area (Å²) in [7, 11) is 1.64. The van der Waals surface area contributed by atoms with Gasteiger partial charge in [0.1, 0.15) is 19.0 Å². The number of benzene rings is 2. The highest BCUT2D eigenvalue weighted by Gasteiger charge is 2.15. The molecule has 24 heavy (non-hydrogen) atoms. The smallest absolute Gasteiger partial charge is 0.171 e. The second kappa shape index (κ2) is 7.40. The predicted molar refractivity (Wildman–Crippen MR) is 98.2 cm³/mol. The van der Waals surface area contributed by atoms with Crippen molar-refractivity contribution in [2.45, 2.75) is 13.0 Å². The molecule has 1 aliphatic rings. The molecule has 2 aromatic carbocycles. The van der Waals surface area contributed by atoms with Crippen molar-refractivity contribution in [3.05, 3.63) is 48.0 Å². The number of fused-ring (bicyclic) bond motifs is 1. The molecule has 1 atom stereocenters. The van der Waals surface area contributed by atoms with Crippen molar-refractivity contribution in [1.29, 1.82) is 0 Å². The maximum atomic E-state index is 5.63. The van der Waals surface area contributed by atoms with E-state index in [1.807, 2.05) is 49.4 Å². The number of anilines is 1. The summed E-state index contributed by atoms with van der Waals surface area (Å²) in [5, 5.41) is 6.98. The number of methoxy groups -OCH3 is 1. The third-order valence-electron chi connectivity index (χ3n) is 3.74. The SMILES string of the molecule is COc1cccc(NC(=S)N[C@H](C)c2ccc3c(c2)OCCO3)c1. The molecule has 0 saturated heterocycles. The largest absolute Gasteiger partial charge is 0.497 e. The fraction of sp³-hybridized carbons (Fsp3) is 0.278. The lowest BCUT2D eigenvalue weighted by atomic mass is 10.1. The Morgan fingerprint density at radius 2 is 1.92 bits per heavy atom. The Labute approximate surface area is 146 Å². The number of hydrogen-bond acceptors (Lipinski definition) is 4. The molecular formula is C18H20N2O3S. The van der Waals surface area contributed by atoms with Crippen LogP contribution in [-0.2, 0) is 0 Å². The van der Waals surface area contributed by atoms with Crippen LogP contribution in [-0.4, -0.2) is 25.4 Å². The molecule has 0 aromatic heterocycles. The van der Waals surface area contributed by atoms with Gasteiger partial charge in [0.05, 0.1) is 13.2 Å². The Hall–Kier alpha value is -2.47. The zero-order chi connectivity index (χ0) is 16.9. The van der Waals surface area contributed by atoms with Crippen LogP contribution in [0.4, 0.5) is 5.69 Å². The van der Waals surface area contributed by atoms with Gasteiger partial charge >= 0.3 is 0 Å². The second-order valence-electron chi connectivity index (χ2n) is 5.46. The van der Waals surface area contributed by atoms with E-state index in [0.29, 0.717) is 18.3 Å². The van der Waals surface area contributed by atoms with E-state index in [-0.39, 0.29) is 6.04 Å². The van der Waals surface area contributed by atoms with E-state index in [9.17, 15) is 0 Å². The molecule has 0 aliphatic carbocycles. The summed E-state index contributed by atoms with van der Waals surface area (Å²) in [5.74, 6) is 2.34. The average Bonchev–Trinajstić information content (AvgIpc) is 2.61. The van der Waals surface area contributed by atoms with Crippen LogP contribution in [0.2, 0.25) is 0 Å². The van der Waals surface area contributed by atoms with E-state index >= 15 is 0 Å². The van der Waals surface area contributed by atoms with Crippen molar-refractivity contribution in [2.75, 3.05) is 25.6 Å². The van der Waals surface area contributed by atoms with Gasteiger partial charge in [-0.05, 0) is 49.0 Å². The molecule has 0 spiro atoms. The first-order valence-corrected chi connectivity index (χ1v) is 8.17. The molecular weight excluding hydrogens is 324 g/mol. The van der Waals surface area contributed by atoms with Gasteiger partial charge in [-0.25, -0.2) is 0 Å². The topological polar surface area (TPSA) is 51.8 Å². The lowest BCUT2D eigenvalue weighted by molar-refractivity contribution is 0.171. The molecule has 0 unspecified atom stereocenters. The van der Waals surface area contributed by atoms with E-state index in [4.69, 9.17) is 26.4 Å². The summed E-state index contributed by atoms with van der Waals surface area (Å²) in [6, 6.07) is 13.6. The Bertz CT molecular complexity index is 736. The Morgan fingerprint density at radius 3 is 2.71 bits per heavy atom. The predicted octanol–water partition coefficient (Wildman–Crippen LogP) is 3.51. The number of nitrogens with one attached hydrogen (secondary N) is 2. The molecule has 0 bridgehead atoms. The number of rotatable bonds is 4. The number of hydrogen-bond donors (Lipinski definition) is 2. The van der Waals surface area contributed by atoms with Crippen molar-refractivity contribution < 1.29 is 14.2 Å². The highest BCUT2D eigenvalue weighted by Crippen LogP contribution is 2.32. The quantitative estimate of drug-likeness (QED) is 0.828. The fourth-order valence-electron chi connectivity index (χ4n) is 2.48. The maximum absolute atomic E-state index is 5.63. The Morgan fingerprint density at radius 1 is 1.12 bits per heavy atom. The van der Waals surface area contributed by atoms with Gasteiger partial charge in [-0.15, -0.1) is 0 Å². The Kier molecular flexibility index (Phi) is 5.05. The van der Waals surface area contributed by atoms with Crippen LogP contribution < -0.4 is 24.8 Å². The zero-order valence-corrected chi connectivity index (χ0v) is 14.5. The van der Waals surface area contributed by atoms with Crippen molar-refractivity contribution in [1.82, 2.24) is 5.32 Å². The summed E-state index contributed by atoms with van der Waals surface area (Å²) in [4.78, 5) is 0. The standard InChI is InChI=1S/C18H20N2O3S/c1-12(13-6-7-16-17(10-13)23-9-8-22-16)19-18(24)20-14-4-3-5-15(11-14)21-2/h3-7,10-12H,8-9H2,1-2H3,(H2,19,20,24)/t12-/m1/s1. The van der Waals surface area contributed by atoms with Crippen LogP contribution in [0.15, 0.2) is 42.5 Å². The molecule has 126 valence electrons. The van der Waals surface area contributed by atoms with Gasteiger partial charge in [-0.1, -0.05) is 12.1 Å². The summed E-state index contributed by atoms with van der Waals surface area (Å²) in [6.07, 6.45) is 0. The monoisotopic (exact) mass is 344 g/mol. The molecule has 1 heterocycles. The van der Waals surface area contributed by atoms with Crippen LogP contribution in [0, 0.1) is 0 Å². The lowest BCUT2D eigenvalue weighted by Gasteiger charge is -2.22. The highest BCUT2D eigenvalue weighted by molar-refractivity contribution is 7.80. The van der Waals surface area contributed by atoms with Gasteiger partial charge < -0.3 is 24.8 Å². The molecule has 0 amide bonds. The van der Waals surface area contributed by atoms with Gasteiger partial charge in [0, 0.05) is 11.8 Å². The molecule has 1 aliphatic heterocycles. The third-order valence-corrected chi connectivity index (χ3v) is 3.96. The minimum atomic E-state index is 0.0337. The maximum Gasteiger partial charge on any atom is 0.171 e. The molecule has 0 radical (unpaired) electrons. The van der Waals surface area contributed by atoms with Gasteiger partial charge in [-0.3, -0.25) is 0 Å². The summed E-state index contributed by atoms with van der Waals surface area (Å²) >= 11 is 5.39. The van der Waals surface area contributed by atoms with E-state index in [2.05, 4.69) is 10.6 Å². The molecule has 2 N–H and O–H groups in total. The number of ether oxygens (including phenoxy) is 3. The van der Waals surface area contributed by atoms with Crippen molar-refractivity contribution in [3.8, 4) is 17.2 Å². The van der Waals surface area contributed by atoms with Crippen molar-refractivity contribution in [2.24, 2.45) is 0 Å². The van der Waals surface area contributed by atoms with E-state index in [1.165, 1.54) is 0 Å². The average molecular weight is 344 g/mol. The molecule has 0 fully saturated rings. The van der Waals surface area contributed by atoms with Crippen LogP contribution in [0.25, 0.3) is 0 Å². The zero-order valence-electron chi connectivity index (χ0n) is 13.7. The first-order valence-electron chi connectivity index (χ1n) is 7.77. The lowest BCUT2D eigenvalue weighted by Crippen LogP contribution is -2.31. The summed E-state index contributed by atoms with van der Waals surface area (Å²) < 4.78 is 16.4. The van der Waals surface area contributed by atoms with Crippen LogP contribution in [0.5, 0.6) is 17.2 Å². The van der Waals surface area contributed by atoms with Gasteiger partial charge in [0.2, 0.25) is 0 Å². The van der Waals surface area contributed by atoms with Gasteiger partial charge in [-0.2, -0.15) is 0 Å². The molecule has 3 rings (SSSR count). The van der Waals surface area contributed by atoms with Crippen molar-refractivity contribution >= 4 is 23.0 Å².